The number of nitrogens with one attached hydrogen (secondary N) is 1. The molecule has 1 saturated heterocycles. The van der Waals surface area contributed by atoms with Gasteiger partial charge in [0.25, 0.3) is 0 Å². The average Bonchev–Trinajstić information content (AvgIpc) is 2.60. The molecule has 1 aliphatic heterocycles. The molecule has 1 amide bonds. The van der Waals surface area contributed by atoms with Gasteiger partial charge in [0, 0.05) is 13.1 Å². The van der Waals surface area contributed by atoms with Crippen LogP contribution in [-0.2, 0) is 19.6 Å². The second-order valence-electron chi connectivity index (χ2n) is 6.87. The Morgan fingerprint density at radius 1 is 1.31 bits per heavy atom. The largest absolute Gasteiger partial charge is 0.496 e. The van der Waals surface area contributed by atoms with Gasteiger partial charge in [-0.15, -0.1) is 0 Å². The van der Waals surface area contributed by atoms with Gasteiger partial charge < -0.3 is 14.4 Å². The van der Waals surface area contributed by atoms with E-state index in [1.54, 1.807) is 24.0 Å². The fourth-order valence-electron chi connectivity index (χ4n) is 2.95. The zero-order valence-corrected chi connectivity index (χ0v) is 16.6. The lowest BCUT2D eigenvalue weighted by atomic mass is 10.0. The van der Waals surface area contributed by atoms with Crippen LogP contribution in [0.1, 0.15) is 25.8 Å². The maximum Gasteiger partial charge on any atom is 0.241 e. The van der Waals surface area contributed by atoms with Gasteiger partial charge in [-0.25, -0.2) is 8.42 Å². The molecule has 1 fully saturated rings. The number of carbonyl (C=O) groups excluding carboxylic acids is 1. The minimum Gasteiger partial charge on any atom is -0.496 e. The molecule has 8 heteroatoms. The van der Waals surface area contributed by atoms with Crippen LogP contribution in [0.15, 0.2) is 23.1 Å². The first-order chi connectivity index (χ1) is 12.2. The summed E-state index contributed by atoms with van der Waals surface area (Å²) in [5, 5.41) is 0. The van der Waals surface area contributed by atoms with Crippen LogP contribution in [0.3, 0.4) is 0 Å². The van der Waals surface area contributed by atoms with Crippen molar-refractivity contribution in [1.29, 1.82) is 0 Å². The molecule has 7 nitrogen and oxygen atoms in total. The van der Waals surface area contributed by atoms with Crippen molar-refractivity contribution < 1.29 is 22.7 Å². The van der Waals surface area contributed by atoms with Crippen LogP contribution in [0.5, 0.6) is 5.75 Å². The summed E-state index contributed by atoms with van der Waals surface area (Å²) in [6, 6.07) is 3.86. The molecule has 1 aromatic rings. The van der Waals surface area contributed by atoms with Crippen LogP contribution < -0.4 is 9.46 Å². The molecule has 1 aliphatic rings. The highest BCUT2D eigenvalue weighted by Gasteiger charge is 2.30. The summed E-state index contributed by atoms with van der Waals surface area (Å²) in [7, 11) is -2.28. The molecule has 0 unspecified atom stereocenters. The summed E-state index contributed by atoms with van der Waals surface area (Å²) in [5.41, 5.74) is 0.718. The van der Waals surface area contributed by atoms with Gasteiger partial charge >= 0.3 is 0 Å². The van der Waals surface area contributed by atoms with Gasteiger partial charge in [0.2, 0.25) is 15.9 Å². The summed E-state index contributed by atoms with van der Waals surface area (Å²) in [6.45, 7) is 7.63. The molecular weight excluding hydrogens is 356 g/mol. The summed E-state index contributed by atoms with van der Waals surface area (Å²) in [5.74, 6) is 0.591. The molecule has 0 aliphatic carbocycles. The van der Waals surface area contributed by atoms with E-state index in [2.05, 4.69) is 4.72 Å². The molecular formula is C18H28N2O5S. The van der Waals surface area contributed by atoms with Gasteiger partial charge in [0.05, 0.1) is 25.2 Å². The number of hydrogen-bond donors (Lipinski definition) is 1. The number of carbonyl (C=O) groups is 1. The highest BCUT2D eigenvalue weighted by Crippen LogP contribution is 2.22. The van der Waals surface area contributed by atoms with E-state index < -0.39 is 16.1 Å². The number of rotatable bonds is 7. The van der Waals surface area contributed by atoms with E-state index in [1.165, 1.54) is 13.2 Å². The Bertz CT molecular complexity index is 727. The predicted molar refractivity (Wildman–Crippen MR) is 98.7 cm³/mol. The van der Waals surface area contributed by atoms with E-state index in [9.17, 15) is 13.2 Å². The van der Waals surface area contributed by atoms with Crippen LogP contribution in [0.25, 0.3) is 0 Å². The zero-order valence-electron chi connectivity index (χ0n) is 15.8. The number of hydrogen-bond acceptors (Lipinski definition) is 5. The van der Waals surface area contributed by atoms with Gasteiger partial charge in [0.15, 0.2) is 0 Å². The van der Waals surface area contributed by atoms with Crippen molar-refractivity contribution in [3.8, 4) is 5.75 Å². The summed E-state index contributed by atoms with van der Waals surface area (Å²) >= 11 is 0. The SMILES string of the molecule is COc1ccc(S(=O)(=O)N[C@@H](CC(C)C)C(=O)N2CCOCC2)cc1C. The lowest BCUT2D eigenvalue weighted by Gasteiger charge is -2.31. The van der Waals surface area contributed by atoms with Gasteiger partial charge in [-0.3, -0.25) is 4.79 Å². The van der Waals surface area contributed by atoms with Crippen molar-refractivity contribution in [3.05, 3.63) is 23.8 Å². The van der Waals surface area contributed by atoms with Crippen molar-refractivity contribution in [1.82, 2.24) is 9.62 Å². The third-order valence-corrected chi connectivity index (χ3v) is 5.77. The predicted octanol–water partition coefficient (Wildman–Crippen LogP) is 1.56. The Kier molecular flexibility index (Phi) is 7.02. The van der Waals surface area contributed by atoms with E-state index in [4.69, 9.17) is 9.47 Å². The van der Waals surface area contributed by atoms with Gasteiger partial charge in [-0.05, 0) is 43.0 Å². The Morgan fingerprint density at radius 2 is 1.96 bits per heavy atom. The van der Waals surface area contributed by atoms with E-state index >= 15 is 0 Å². The standard InChI is InChI=1S/C18H28N2O5S/c1-13(2)11-16(18(21)20-7-9-25-10-8-20)19-26(22,23)15-5-6-17(24-4)14(3)12-15/h5-6,12-13,16,19H,7-11H2,1-4H3/t16-/m0/s1. The summed E-state index contributed by atoms with van der Waals surface area (Å²) < 4.78 is 38.7. The van der Waals surface area contributed by atoms with Crippen molar-refractivity contribution in [2.45, 2.75) is 38.1 Å². The zero-order chi connectivity index (χ0) is 19.3. The van der Waals surface area contributed by atoms with Crippen molar-refractivity contribution in [3.63, 3.8) is 0 Å². The fraction of sp³-hybridized carbons (Fsp3) is 0.611. The number of aryl methyl sites for hydroxylation is 1. The monoisotopic (exact) mass is 384 g/mol. The van der Waals surface area contributed by atoms with Crippen molar-refractivity contribution in [2.75, 3.05) is 33.4 Å². The second kappa shape index (κ2) is 8.83. The number of sulfonamides is 1. The van der Waals surface area contributed by atoms with E-state index in [0.717, 1.165) is 5.56 Å². The molecule has 0 aromatic heterocycles. The maximum absolute atomic E-state index is 12.8. The lowest BCUT2D eigenvalue weighted by molar-refractivity contribution is -0.137. The molecule has 0 saturated carbocycles. The molecule has 146 valence electrons. The van der Waals surface area contributed by atoms with Gasteiger partial charge in [0.1, 0.15) is 11.8 Å². The third kappa shape index (κ3) is 5.18. The van der Waals surface area contributed by atoms with Gasteiger partial charge in [-0.2, -0.15) is 4.72 Å². The number of morpholine rings is 1. The minimum absolute atomic E-state index is 0.124. The van der Waals surface area contributed by atoms with Crippen LogP contribution in [-0.4, -0.2) is 58.7 Å². The Hall–Kier alpha value is -1.64. The molecule has 1 heterocycles. The van der Waals surface area contributed by atoms with Crippen LogP contribution in [0, 0.1) is 12.8 Å². The third-order valence-electron chi connectivity index (χ3n) is 4.30. The first-order valence-electron chi connectivity index (χ1n) is 8.78. The maximum atomic E-state index is 12.8. The highest BCUT2D eigenvalue weighted by molar-refractivity contribution is 7.89. The molecule has 2 rings (SSSR count). The number of ether oxygens (including phenoxy) is 2. The van der Waals surface area contributed by atoms with E-state index in [0.29, 0.717) is 38.5 Å². The minimum atomic E-state index is -3.82. The van der Waals surface area contributed by atoms with Crippen LogP contribution in [0.2, 0.25) is 0 Å². The van der Waals surface area contributed by atoms with Crippen molar-refractivity contribution in [2.24, 2.45) is 5.92 Å². The number of benzene rings is 1. The average molecular weight is 384 g/mol. The second-order valence-corrected chi connectivity index (χ2v) is 8.59. The molecule has 0 radical (unpaired) electrons. The molecule has 0 spiro atoms. The molecule has 1 N–H and O–H groups in total. The lowest BCUT2D eigenvalue weighted by Crippen LogP contribution is -2.52. The topological polar surface area (TPSA) is 84.9 Å². The van der Waals surface area contributed by atoms with Crippen LogP contribution in [0.4, 0.5) is 0 Å². The quantitative estimate of drug-likeness (QED) is 0.771. The number of nitrogens with zero attached hydrogens (tertiary/aromatic N) is 1. The fourth-order valence-corrected chi connectivity index (χ4v) is 4.24. The molecule has 26 heavy (non-hydrogen) atoms. The first kappa shape index (κ1) is 20.7. The Balaban J connectivity index is 2.22. The normalized spacial score (nSPS) is 16.6. The van der Waals surface area contributed by atoms with E-state index in [-0.39, 0.29) is 16.7 Å². The smallest absolute Gasteiger partial charge is 0.241 e. The molecule has 0 bridgehead atoms. The first-order valence-corrected chi connectivity index (χ1v) is 10.3. The Morgan fingerprint density at radius 3 is 2.50 bits per heavy atom. The highest BCUT2D eigenvalue weighted by atomic mass is 32.2. The number of methoxy groups -OCH3 is 1. The summed E-state index contributed by atoms with van der Waals surface area (Å²) in [6.07, 6.45) is 0.435. The number of amides is 1. The molecule has 1 aromatic carbocycles. The van der Waals surface area contributed by atoms with Gasteiger partial charge in [-0.1, -0.05) is 13.8 Å². The molecule has 1 atom stereocenters. The van der Waals surface area contributed by atoms with Crippen molar-refractivity contribution >= 4 is 15.9 Å². The summed E-state index contributed by atoms with van der Waals surface area (Å²) in [4.78, 5) is 14.6. The van der Waals surface area contributed by atoms with E-state index in [1.807, 2.05) is 13.8 Å². The Labute approximate surface area is 155 Å². The van der Waals surface area contributed by atoms with Crippen LogP contribution >= 0.6 is 0 Å².